The molecule has 0 bridgehead atoms. The number of primary amides is 1. The number of amidine groups is 1. The highest BCUT2D eigenvalue weighted by Gasteiger charge is 2.19. The Bertz CT molecular complexity index is 1040. The fourth-order valence-corrected chi connectivity index (χ4v) is 3.50. The molecule has 2 aromatic rings. The third-order valence-corrected chi connectivity index (χ3v) is 5.64. The number of hydrogen-bond acceptors (Lipinski definition) is 4. The fraction of sp³-hybridized carbons (Fsp3) is 0.385. The SMILES string of the molecule is CCCCC(CC(C)CC)N=C(N)C(C(N)=O)=C(N)c1ccc(Oc2ccc(F)cc2F)cc1. The van der Waals surface area contributed by atoms with E-state index in [1.54, 1.807) is 24.3 Å². The number of rotatable bonds is 12. The van der Waals surface area contributed by atoms with Gasteiger partial charge >= 0.3 is 0 Å². The number of aliphatic imine (C=N–C) groups is 1. The summed E-state index contributed by atoms with van der Waals surface area (Å²) in [6.45, 7) is 6.39. The Morgan fingerprint density at radius 1 is 1.06 bits per heavy atom. The molecule has 34 heavy (non-hydrogen) atoms. The van der Waals surface area contributed by atoms with Crippen LogP contribution in [0.1, 0.15) is 58.4 Å². The summed E-state index contributed by atoms with van der Waals surface area (Å²) in [5, 5.41) is 0. The van der Waals surface area contributed by atoms with Gasteiger partial charge in [0.1, 0.15) is 23.0 Å². The maximum absolute atomic E-state index is 13.8. The first-order valence-corrected chi connectivity index (χ1v) is 11.5. The number of halogens is 2. The van der Waals surface area contributed by atoms with E-state index < -0.39 is 17.5 Å². The quantitative estimate of drug-likeness (QED) is 0.222. The molecule has 0 saturated carbocycles. The van der Waals surface area contributed by atoms with Gasteiger partial charge in [-0.15, -0.1) is 0 Å². The lowest BCUT2D eigenvalue weighted by Crippen LogP contribution is -2.31. The van der Waals surface area contributed by atoms with E-state index in [-0.39, 0.29) is 28.9 Å². The molecule has 2 rings (SSSR count). The predicted molar refractivity (Wildman–Crippen MR) is 132 cm³/mol. The van der Waals surface area contributed by atoms with Crippen LogP contribution in [0.15, 0.2) is 53.0 Å². The summed E-state index contributed by atoms with van der Waals surface area (Å²) in [6, 6.07) is 9.28. The van der Waals surface area contributed by atoms with Gasteiger partial charge in [-0.05, 0) is 60.7 Å². The second-order valence-corrected chi connectivity index (χ2v) is 8.41. The summed E-state index contributed by atoms with van der Waals surface area (Å²) in [4.78, 5) is 16.8. The smallest absolute Gasteiger partial charge is 0.254 e. The Labute approximate surface area is 199 Å². The van der Waals surface area contributed by atoms with Gasteiger partial charge in [0.25, 0.3) is 5.91 Å². The Hall–Kier alpha value is -3.42. The summed E-state index contributed by atoms with van der Waals surface area (Å²) in [6.07, 6.45) is 4.77. The summed E-state index contributed by atoms with van der Waals surface area (Å²) < 4.78 is 32.4. The van der Waals surface area contributed by atoms with Crippen LogP contribution in [0.5, 0.6) is 11.5 Å². The molecule has 6 N–H and O–H groups in total. The highest BCUT2D eigenvalue weighted by Crippen LogP contribution is 2.26. The zero-order chi connectivity index (χ0) is 25.3. The minimum absolute atomic E-state index is 0.0168. The summed E-state index contributed by atoms with van der Waals surface area (Å²) >= 11 is 0. The van der Waals surface area contributed by atoms with Gasteiger partial charge in [-0.1, -0.05) is 40.0 Å². The molecule has 184 valence electrons. The number of carbonyl (C=O) groups excluding carboxylic acids is 1. The number of unbranched alkanes of at least 4 members (excludes halogenated alkanes) is 1. The third kappa shape index (κ3) is 7.57. The molecule has 0 radical (unpaired) electrons. The monoisotopic (exact) mass is 472 g/mol. The number of nitrogens with two attached hydrogens (primary N) is 3. The predicted octanol–water partition coefficient (Wildman–Crippen LogP) is 5.26. The molecule has 0 spiro atoms. The molecule has 2 aromatic carbocycles. The van der Waals surface area contributed by atoms with Crippen LogP contribution in [0.3, 0.4) is 0 Å². The number of carbonyl (C=O) groups is 1. The summed E-state index contributed by atoms with van der Waals surface area (Å²) in [5.74, 6) is -1.62. The van der Waals surface area contributed by atoms with Crippen LogP contribution in [0.2, 0.25) is 0 Å². The maximum Gasteiger partial charge on any atom is 0.254 e. The molecule has 0 fully saturated rings. The zero-order valence-electron chi connectivity index (χ0n) is 20.0. The van der Waals surface area contributed by atoms with Gasteiger partial charge in [-0.25, -0.2) is 8.78 Å². The van der Waals surface area contributed by atoms with Crippen molar-refractivity contribution in [3.05, 3.63) is 65.2 Å². The van der Waals surface area contributed by atoms with E-state index in [1.165, 1.54) is 6.07 Å². The second-order valence-electron chi connectivity index (χ2n) is 8.41. The number of hydrogen-bond donors (Lipinski definition) is 3. The molecule has 0 heterocycles. The molecule has 0 aliphatic heterocycles. The Balaban J connectivity index is 2.31. The van der Waals surface area contributed by atoms with E-state index in [0.717, 1.165) is 44.2 Å². The second kappa shape index (κ2) is 12.7. The van der Waals surface area contributed by atoms with Crippen molar-refractivity contribution in [2.75, 3.05) is 0 Å². The molecule has 2 unspecified atom stereocenters. The van der Waals surface area contributed by atoms with Crippen molar-refractivity contribution in [2.45, 2.75) is 58.9 Å². The van der Waals surface area contributed by atoms with E-state index in [2.05, 4.69) is 25.8 Å². The van der Waals surface area contributed by atoms with E-state index in [4.69, 9.17) is 21.9 Å². The molecule has 2 atom stereocenters. The number of ether oxygens (including phenoxy) is 1. The van der Waals surface area contributed by atoms with E-state index in [9.17, 15) is 13.6 Å². The van der Waals surface area contributed by atoms with Gasteiger partial charge in [-0.2, -0.15) is 0 Å². The molecule has 1 amide bonds. The normalized spacial score (nSPS) is 14.3. The molecular weight excluding hydrogens is 438 g/mol. The van der Waals surface area contributed by atoms with Crippen LogP contribution >= 0.6 is 0 Å². The largest absolute Gasteiger partial charge is 0.454 e. The molecule has 6 nitrogen and oxygen atoms in total. The number of benzene rings is 2. The lowest BCUT2D eigenvalue weighted by Gasteiger charge is -2.18. The van der Waals surface area contributed by atoms with Crippen molar-refractivity contribution >= 4 is 17.4 Å². The number of amides is 1. The van der Waals surface area contributed by atoms with Crippen LogP contribution in [0, 0.1) is 17.6 Å². The van der Waals surface area contributed by atoms with Gasteiger partial charge in [0.2, 0.25) is 0 Å². The molecule has 8 heteroatoms. The maximum atomic E-state index is 13.8. The van der Waals surface area contributed by atoms with Gasteiger partial charge in [0.05, 0.1) is 11.7 Å². The highest BCUT2D eigenvalue weighted by atomic mass is 19.1. The van der Waals surface area contributed by atoms with E-state index in [1.807, 2.05) is 0 Å². The van der Waals surface area contributed by atoms with Crippen molar-refractivity contribution in [3.8, 4) is 11.5 Å². The van der Waals surface area contributed by atoms with Crippen LogP contribution in [0.4, 0.5) is 8.78 Å². The van der Waals surface area contributed by atoms with Crippen LogP contribution < -0.4 is 21.9 Å². The van der Waals surface area contributed by atoms with Crippen LogP contribution in [-0.4, -0.2) is 17.8 Å². The minimum atomic E-state index is -0.821. The van der Waals surface area contributed by atoms with Crippen molar-refractivity contribution < 1.29 is 18.3 Å². The molecule has 0 aromatic heterocycles. The fourth-order valence-electron chi connectivity index (χ4n) is 3.50. The first-order chi connectivity index (χ1) is 16.2. The van der Waals surface area contributed by atoms with E-state index >= 15 is 0 Å². The Morgan fingerprint density at radius 2 is 1.74 bits per heavy atom. The van der Waals surface area contributed by atoms with Crippen LogP contribution in [-0.2, 0) is 4.79 Å². The average Bonchev–Trinajstić information content (AvgIpc) is 2.79. The van der Waals surface area contributed by atoms with Gasteiger partial charge in [0, 0.05) is 6.07 Å². The van der Waals surface area contributed by atoms with Gasteiger partial charge < -0.3 is 21.9 Å². The molecule has 0 aliphatic rings. The Morgan fingerprint density at radius 3 is 2.29 bits per heavy atom. The van der Waals surface area contributed by atoms with Gasteiger partial charge in [0.15, 0.2) is 11.6 Å². The molecular formula is C26H34F2N4O2. The van der Waals surface area contributed by atoms with Crippen molar-refractivity contribution in [1.82, 2.24) is 0 Å². The lowest BCUT2D eigenvalue weighted by atomic mass is 9.96. The third-order valence-electron chi connectivity index (χ3n) is 5.64. The Kier molecular flexibility index (Phi) is 10.0. The van der Waals surface area contributed by atoms with Crippen molar-refractivity contribution in [3.63, 3.8) is 0 Å². The standard InChI is InChI=1S/C26H34F2N4O2/c1-4-6-7-19(14-16(3)5-2)32-25(30)23(26(31)33)24(29)17-8-11-20(12-9-17)34-22-13-10-18(27)15-21(22)28/h8-13,15-16,19H,4-7,14,29H2,1-3H3,(H2,30,32)(H2,31,33). The lowest BCUT2D eigenvalue weighted by molar-refractivity contribution is -0.114. The van der Waals surface area contributed by atoms with E-state index in [0.29, 0.717) is 17.2 Å². The van der Waals surface area contributed by atoms with Crippen molar-refractivity contribution in [1.29, 1.82) is 0 Å². The summed E-state index contributed by atoms with van der Waals surface area (Å²) in [7, 11) is 0. The highest BCUT2D eigenvalue weighted by molar-refractivity contribution is 6.24. The first-order valence-electron chi connectivity index (χ1n) is 11.5. The topological polar surface area (TPSA) is 117 Å². The molecule has 0 aliphatic carbocycles. The van der Waals surface area contributed by atoms with Crippen LogP contribution in [0.25, 0.3) is 5.70 Å². The summed E-state index contributed by atoms with van der Waals surface area (Å²) in [5.41, 5.74) is 18.6. The first kappa shape index (κ1) is 26.8. The number of nitrogens with zero attached hydrogens (tertiary/aromatic N) is 1. The molecule has 0 saturated heterocycles. The van der Waals surface area contributed by atoms with Gasteiger partial charge in [-0.3, -0.25) is 9.79 Å². The average molecular weight is 473 g/mol. The van der Waals surface area contributed by atoms with Crippen molar-refractivity contribution in [2.24, 2.45) is 28.1 Å². The zero-order valence-corrected chi connectivity index (χ0v) is 20.0. The minimum Gasteiger partial charge on any atom is -0.454 e.